The fourth-order valence-electron chi connectivity index (χ4n) is 1.19. The number of sulfonamides is 1. The summed E-state index contributed by atoms with van der Waals surface area (Å²) in [5.74, 6) is -1.16. The molecule has 17 heavy (non-hydrogen) atoms. The quantitative estimate of drug-likeness (QED) is 0.623. The first-order chi connectivity index (χ1) is 7.97. The van der Waals surface area contributed by atoms with Crippen molar-refractivity contribution in [1.29, 1.82) is 0 Å². The Balaban J connectivity index is 2.91. The molecule has 6 nitrogen and oxygen atoms in total. The topological polar surface area (TPSA) is 109 Å². The van der Waals surface area contributed by atoms with Gasteiger partial charge in [-0.2, -0.15) is 0 Å². The Kier molecular flexibility index (Phi) is 4.62. The molecule has 94 valence electrons. The molecule has 1 rings (SSSR count). The summed E-state index contributed by atoms with van der Waals surface area (Å²) in [6.45, 7) is 0.619. The van der Waals surface area contributed by atoms with E-state index in [1.54, 1.807) is 0 Å². The average molecular weight is 258 g/mol. The zero-order chi connectivity index (χ0) is 12.9. The molecule has 7 heteroatoms. The molecule has 0 aliphatic heterocycles. The van der Waals surface area contributed by atoms with E-state index >= 15 is 0 Å². The second kappa shape index (κ2) is 5.76. The lowest BCUT2D eigenvalue weighted by molar-refractivity contribution is 0.0696. The van der Waals surface area contributed by atoms with Crippen molar-refractivity contribution in [2.75, 3.05) is 13.1 Å². The van der Waals surface area contributed by atoms with Crippen molar-refractivity contribution in [3.8, 4) is 0 Å². The van der Waals surface area contributed by atoms with Gasteiger partial charge in [0.2, 0.25) is 10.0 Å². The minimum atomic E-state index is -3.66. The summed E-state index contributed by atoms with van der Waals surface area (Å²) >= 11 is 0. The SMILES string of the molecule is NCCCNS(=O)(=O)c1cccc(C(=O)O)c1. The molecule has 0 spiro atoms. The van der Waals surface area contributed by atoms with Crippen LogP contribution in [0.15, 0.2) is 29.2 Å². The largest absolute Gasteiger partial charge is 0.478 e. The molecule has 0 atom stereocenters. The zero-order valence-electron chi connectivity index (χ0n) is 9.09. The monoisotopic (exact) mass is 258 g/mol. The third-order valence-electron chi connectivity index (χ3n) is 2.06. The van der Waals surface area contributed by atoms with Crippen LogP contribution in [0.1, 0.15) is 16.8 Å². The van der Waals surface area contributed by atoms with E-state index in [9.17, 15) is 13.2 Å². The summed E-state index contributed by atoms with van der Waals surface area (Å²) in [4.78, 5) is 10.6. The fraction of sp³-hybridized carbons (Fsp3) is 0.300. The Morgan fingerprint density at radius 2 is 2.12 bits per heavy atom. The van der Waals surface area contributed by atoms with Gasteiger partial charge in [0.25, 0.3) is 0 Å². The Labute approximate surface area is 99.5 Å². The predicted octanol–water partition coefficient (Wildman–Crippen LogP) is 0.0119. The summed E-state index contributed by atoms with van der Waals surface area (Å²) in [5, 5.41) is 8.76. The van der Waals surface area contributed by atoms with Gasteiger partial charge < -0.3 is 10.8 Å². The van der Waals surface area contributed by atoms with Crippen LogP contribution in [0.5, 0.6) is 0 Å². The highest BCUT2D eigenvalue weighted by Crippen LogP contribution is 2.11. The molecular weight excluding hydrogens is 244 g/mol. The number of nitrogens with one attached hydrogen (secondary N) is 1. The van der Waals surface area contributed by atoms with Gasteiger partial charge in [-0.3, -0.25) is 0 Å². The highest BCUT2D eigenvalue weighted by molar-refractivity contribution is 7.89. The van der Waals surface area contributed by atoms with Crippen molar-refractivity contribution < 1.29 is 18.3 Å². The maximum Gasteiger partial charge on any atom is 0.335 e. The summed E-state index contributed by atoms with van der Waals surface area (Å²) in [7, 11) is -3.66. The van der Waals surface area contributed by atoms with Crippen LogP contribution < -0.4 is 10.5 Å². The Morgan fingerprint density at radius 3 is 2.71 bits per heavy atom. The summed E-state index contributed by atoms with van der Waals surface area (Å²) in [6.07, 6.45) is 0.526. The van der Waals surface area contributed by atoms with Crippen LogP contribution in [-0.2, 0) is 10.0 Å². The van der Waals surface area contributed by atoms with E-state index in [0.717, 1.165) is 6.07 Å². The lowest BCUT2D eigenvalue weighted by Gasteiger charge is -2.06. The molecule has 0 amide bonds. The predicted molar refractivity (Wildman–Crippen MR) is 62.3 cm³/mol. The normalized spacial score (nSPS) is 11.4. The van der Waals surface area contributed by atoms with Gasteiger partial charge in [-0.15, -0.1) is 0 Å². The van der Waals surface area contributed by atoms with Gasteiger partial charge >= 0.3 is 5.97 Å². The number of carbonyl (C=O) groups is 1. The number of carboxylic acids is 1. The molecule has 0 fully saturated rings. The molecule has 0 unspecified atom stereocenters. The lowest BCUT2D eigenvalue weighted by atomic mass is 10.2. The highest BCUT2D eigenvalue weighted by atomic mass is 32.2. The Bertz CT molecular complexity index is 499. The minimum absolute atomic E-state index is 0.0607. The molecule has 1 aromatic rings. The van der Waals surface area contributed by atoms with Crippen molar-refractivity contribution in [3.63, 3.8) is 0 Å². The van der Waals surface area contributed by atoms with Crippen molar-refractivity contribution in [1.82, 2.24) is 4.72 Å². The van der Waals surface area contributed by atoms with Gasteiger partial charge in [0.05, 0.1) is 10.5 Å². The van der Waals surface area contributed by atoms with E-state index in [1.165, 1.54) is 18.2 Å². The van der Waals surface area contributed by atoms with Crippen LogP contribution in [0, 0.1) is 0 Å². The van der Waals surface area contributed by atoms with Crippen molar-refractivity contribution in [2.45, 2.75) is 11.3 Å². The molecule has 0 heterocycles. The standard InChI is InChI=1S/C10H14N2O4S/c11-5-2-6-12-17(15,16)9-4-1-3-8(7-9)10(13)14/h1,3-4,7,12H,2,5-6,11H2,(H,13,14). The smallest absolute Gasteiger partial charge is 0.335 e. The minimum Gasteiger partial charge on any atom is -0.478 e. The van der Waals surface area contributed by atoms with Crippen molar-refractivity contribution in [2.24, 2.45) is 5.73 Å². The number of hydrogen-bond acceptors (Lipinski definition) is 4. The van der Waals surface area contributed by atoms with Crippen LogP contribution in [0.2, 0.25) is 0 Å². The maximum absolute atomic E-state index is 11.7. The molecule has 0 aliphatic carbocycles. The third-order valence-corrected chi connectivity index (χ3v) is 3.52. The first-order valence-electron chi connectivity index (χ1n) is 5.00. The van der Waals surface area contributed by atoms with Gasteiger partial charge in [0.15, 0.2) is 0 Å². The molecule has 0 radical (unpaired) electrons. The van der Waals surface area contributed by atoms with Gasteiger partial charge in [-0.25, -0.2) is 17.9 Å². The van der Waals surface area contributed by atoms with E-state index in [1.807, 2.05) is 0 Å². The van der Waals surface area contributed by atoms with E-state index in [-0.39, 0.29) is 17.0 Å². The number of nitrogens with two attached hydrogens (primary N) is 1. The highest BCUT2D eigenvalue weighted by Gasteiger charge is 2.15. The van der Waals surface area contributed by atoms with Gasteiger partial charge in [-0.1, -0.05) is 6.07 Å². The first-order valence-corrected chi connectivity index (χ1v) is 6.49. The number of hydrogen-bond donors (Lipinski definition) is 3. The van der Waals surface area contributed by atoms with Crippen LogP contribution in [0.25, 0.3) is 0 Å². The first kappa shape index (κ1) is 13.6. The maximum atomic E-state index is 11.7. The van der Waals surface area contributed by atoms with E-state index < -0.39 is 16.0 Å². The average Bonchev–Trinajstić information content (AvgIpc) is 2.29. The summed E-state index contributed by atoms with van der Waals surface area (Å²) in [5.41, 5.74) is 5.18. The third kappa shape index (κ3) is 3.81. The number of benzene rings is 1. The van der Waals surface area contributed by atoms with Gasteiger partial charge in [0, 0.05) is 6.54 Å². The molecule has 4 N–H and O–H groups in total. The summed E-state index contributed by atoms with van der Waals surface area (Å²) in [6, 6.07) is 5.19. The second-order valence-corrected chi connectivity index (χ2v) is 5.14. The molecule has 0 bridgehead atoms. The molecule has 0 aromatic heterocycles. The molecular formula is C10H14N2O4S. The number of carboxylic acid groups (broad SMARTS) is 1. The lowest BCUT2D eigenvalue weighted by Crippen LogP contribution is -2.26. The van der Waals surface area contributed by atoms with E-state index in [2.05, 4.69) is 4.72 Å². The molecule has 0 aliphatic rings. The van der Waals surface area contributed by atoms with Crippen LogP contribution in [0.3, 0.4) is 0 Å². The number of rotatable bonds is 6. The van der Waals surface area contributed by atoms with Crippen LogP contribution in [-0.4, -0.2) is 32.6 Å². The van der Waals surface area contributed by atoms with Crippen molar-refractivity contribution in [3.05, 3.63) is 29.8 Å². The molecule has 1 aromatic carbocycles. The van der Waals surface area contributed by atoms with Gasteiger partial charge in [-0.05, 0) is 31.2 Å². The summed E-state index contributed by atoms with van der Waals surface area (Å²) < 4.78 is 25.8. The Hall–Kier alpha value is -1.44. The van der Waals surface area contributed by atoms with Crippen molar-refractivity contribution >= 4 is 16.0 Å². The fourth-order valence-corrected chi connectivity index (χ4v) is 2.31. The van der Waals surface area contributed by atoms with E-state index in [4.69, 9.17) is 10.8 Å². The zero-order valence-corrected chi connectivity index (χ0v) is 9.90. The second-order valence-electron chi connectivity index (χ2n) is 3.37. The molecule has 0 saturated carbocycles. The van der Waals surface area contributed by atoms with Gasteiger partial charge in [0.1, 0.15) is 0 Å². The van der Waals surface area contributed by atoms with Crippen LogP contribution >= 0.6 is 0 Å². The Morgan fingerprint density at radius 1 is 1.41 bits per heavy atom. The molecule has 0 saturated heterocycles. The van der Waals surface area contributed by atoms with Crippen LogP contribution in [0.4, 0.5) is 0 Å². The van der Waals surface area contributed by atoms with E-state index in [0.29, 0.717) is 13.0 Å². The number of aromatic carboxylic acids is 1.